The Morgan fingerprint density at radius 1 is 1.12 bits per heavy atom. The summed E-state index contributed by atoms with van der Waals surface area (Å²) in [5.74, 6) is 0.281. The number of aliphatic hydroxyl groups is 1. The molecule has 1 fully saturated rings. The van der Waals surface area contributed by atoms with Crippen LogP contribution in [0, 0.1) is 0 Å². The number of β-amino-alcohol motifs (C(OH)–C–C–N with tert-alkyl or cyclic N) is 1. The zero-order chi connectivity index (χ0) is 18.5. The Morgan fingerprint density at radius 3 is 2.42 bits per heavy atom. The topological polar surface area (TPSA) is 78.9 Å². The van der Waals surface area contributed by atoms with Gasteiger partial charge in [0.15, 0.2) is 0 Å². The highest BCUT2D eigenvalue weighted by molar-refractivity contribution is 5.94. The van der Waals surface area contributed by atoms with Crippen LogP contribution < -0.4 is 10.1 Å². The average Bonchev–Trinajstić information content (AvgIpc) is 3.02. The molecular formula is C20H22N2O4. The van der Waals surface area contributed by atoms with Gasteiger partial charge in [0.1, 0.15) is 12.4 Å². The summed E-state index contributed by atoms with van der Waals surface area (Å²) in [5, 5.41) is 12.8. The van der Waals surface area contributed by atoms with Crippen molar-refractivity contribution in [2.45, 2.75) is 25.7 Å². The summed E-state index contributed by atoms with van der Waals surface area (Å²) in [6.45, 7) is 2.47. The predicted molar refractivity (Wildman–Crippen MR) is 96.7 cm³/mol. The molecule has 6 nitrogen and oxygen atoms in total. The number of hydrogen-bond donors (Lipinski definition) is 2. The van der Waals surface area contributed by atoms with E-state index in [0.29, 0.717) is 24.5 Å². The van der Waals surface area contributed by atoms with Crippen molar-refractivity contribution in [3.05, 3.63) is 65.7 Å². The number of carbonyl (C=O) groups excluding carboxylic acids is 2. The van der Waals surface area contributed by atoms with Gasteiger partial charge in [0.2, 0.25) is 5.91 Å². The van der Waals surface area contributed by atoms with Crippen molar-refractivity contribution in [2.24, 2.45) is 0 Å². The molecule has 0 saturated carbocycles. The molecule has 2 amide bonds. The Bertz CT molecular complexity index is 761. The number of nitrogens with zero attached hydrogens (tertiary/aromatic N) is 1. The zero-order valence-corrected chi connectivity index (χ0v) is 14.6. The molecule has 136 valence electrons. The van der Waals surface area contributed by atoms with E-state index < -0.39 is 12.1 Å². The minimum absolute atomic E-state index is 0.110. The van der Waals surface area contributed by atoms with E-state index in [4.69, 9.17) is 4.74 Å². The largest absolute Gasteiger partial charge is 0.489 e. The fourth-order valence-corrected chi connectivity index (χ4v) is 2.88. The minimum Gasteiger partial charge on any atom is -0.489 e. The van der Waals surface area contributed by atoms with Gasteiger partial charge in [0.25, 0.3) is 5.91 Å². The lowest BCUT2D eigenvalue weighted by atomic mass is 10.1. The lowest BCUT2D eigenvalue weighted by Gasteiger charge is -2.16. The van der Waals surface area contributed by atoms with Crippen LogP contribution in [-0.4, -0.2) is 47.1 Å². The molecule has 1 saturated heterocycles. The molecule has 0 spiro atoms. The molecule has 2 N–H and O–H groups in total. The van der Waals surface area contributed by atoms with Crippen LogP contribution in [0.4, 0.5) is 0 Å². The quantitative estimate of drug-likeness (QED) is 0.855. The van der Waals surface area contributed by atoms with Crippen LogP contribution in [0.5, 0.6) is 5.75 Å². The fourth-order valence-electron chi connectivity index (χ4n) is 2.88. The number of benzene rings is 2. The van der Waals surface area contributed by atoms with Gasteiger partial charge < -0.3 is 20.1 Å². The average molecular weight is 354 g/mol. The van der Waals surface area contributed by atoms with E-state index in [1.807, 2.05) is 30.3 Å². The van der Waals surface area contributed by atoms with Crippen molar-refractivity contribution in [3.63, 3.8) is 0 Å². The third-order valence-electron chi connectivity index (χ3n) is 4.42. The van der Waals surface area contributed by atoms with Crippen molar-refractivity contribution in [3.8, 4) is 5.75 Å². The second-order valence-corrected chi connectivity index (χ2v) is 6.37. The van der Waals surface area contributed by atoms with E-state index in [1.165, 1.54) is 11.8 Å². The molecule has 0 aliphatic carbocycles. The van der Waals surface area contributed by atoms with Crippen molar-refractivity contribution < 1.29 is 19.4 Å². The van der Waals surface area contributed by atoms with Gasteiger partial charge in [-0.05, 0) is 29.8 Å². The smallest absolute Gasteiger partial charge is 0.251 e. The highest BCUT2D eigenvalue weighted by Crippen LogP contribution is 2.16. The third-order valence-corrected chi connectivity index (χ3v) is 4.42. The van der Waals surface area contributed by atoms with E-state index in [9.17, 15) is 14.7 Å². The number of ether oxygens (including phenoxy) is 1. The van der Waals surface area contributed by atoms with Gasteiger partial charge in [-0.2, -0.15) is 0 Å². The Hall–Kier alpha value is -2.86. The SMILES string of the molecule is CC(=O)N1C[C@@H](O)[C@H](NC(=O)c2ccc(OCc3ccccc3)cc2)C1. The molecule has 26 heavy (non-hydrogen) atoms. The Balaban J connectivity index is 1.54. The maximum Gasteiger partial charge on any atom is 0.251 e. The second kappa shape index (κ2) is 8.01. The molecule has 1 heterocycles. The third kappa shape index (κ3) is 4.40. The first-order valence-electron chi connectivity index (χ1n) is 8.54. The minimum atomic E-state index is -0.753. The van der Waals surface area contributed by atoms with Gasteiger partial charge in [0.05, 0.1) is 12.1 Å². The molecule has 3 rings (SSSR count). The molecule has 2 aromatic rings. The first-order valence-corrected chi connectivity index (χ1v) is 8.54. The van der Waals surface area contributed by atoms with Crippen molar-refractivity contribution in [1.29, 1.82) is 0 Å². The molecule has 1 aliphatic heterocycles. The van der Waals surface area contributed by atoms with Crippen LogP contribution in [0.15, 0.2) is 54.6 Å². The van der Waals surface area contributed by atoms with Gasteiger partial charge in [0, 0.05) is 25.6 Å². The second-order valence-electron chi connectivity index (χ2n) is 6.37. The summed E-state index contributed by atoms with van der Waals surface area (Å²) in [6, 6.07) is 16.2. The summed E-state index contributed by atoms with van der Waals surface area (Å²) >= 11 is 0. The van der Waals surface area contributed by atoms with Crippen molar-refractivity contribution >= 4 is 11.8 Å². The number of likely N-dealkylation sites (tertiary alicyclic amines) is 1. The molecule has 2 atom stereocenters. The number of rotatable bonds is 5. The number of aliphatic hydroxyl groups excluding tert-OH is 1. The van der Waals surface area contributed by atoms with E-state index in [1.54, 1.807) is 24.3 Å². The first kappa shape index (κ1) is 17.9. The van der Waals surface area contributed by atoms with E-state index >= 15 is 0 Å². The van der Waals surface area contributed by atoms with Crippen LogP contribution >= 0.6 is 0 Å². The number of hydrogen-bond acceptors (Lipinski definition) is 4. The lowest BCUT2D eigenvalue weighted by Crippen LogP contribution is -2.43. The summed E-state index contributed by atoms with van der Waals surface area (Å²) in [6.07, 6.45) is -0.753. The van der Waals surface area contributed by atoms with Crippen LogP contribution in [0.1, 0.15) is 22.8 Å². The van der Waals surface area contributed by atoms with Crippen LogP contribution in [0.25, 0.3) is 0 Å². The molecule has 6 heteroatoms. The maximum absolute atomic E-state index is 12.3. The van der Waals surface area contributed by atoms with Crippen molar-refractivity contribution in [2.75, 3.05) is 13.1 Å². The van der Waals surface area contributed by atoms with Crippen molar-refractivity contribution in [1.82, 2.24) is 10.2 Å². The summed E-state index contributed by atoms with van der Waals surface area (Å²) in [7, 11) is 0. The van der Waals surface area contributed by atoms with Gasteiger partial charge in [-0.3, -0.25) is 9.59 Å². The van der Waals surface area contributed by atoms with Crippen LogP contribution in [-0.2, 0) is 11.4 Å². The monoisotopic (exact) mass is 354 g/mol. The van der Waals surface area contributed by atoms with E-state index in [0.717, 1.165) is 5.56 Å². The van der Waals surface area contributed by atoms with Crippen LogP contribution in [0.3, 0.4) is 0 Å². The highest BCUT2D eigenvalue weighted by atomic mass is 16.5. The van der Waals surface area contributed by atoms with Gasteiger partial charge in [-0.15, -0.1) is 0 Å². The standard InChI is InChI=1S/C20H22N2O4/c1-14(23)22-11-18(19(24)12-22)21-20(25)16-7-9-17(10-8-16)26-13-15-5-3-2-4-6-15/h2-10,18-19,24H,11-13H2,1H3,(H,21,25)/t18-,19-/m1/s1. The molecule has 1 aliphatic rings. The normalized spacial score (nSPS) is 19.2. The molecule has 0 radical (unpaired) electrons. The van der Waals surface area contributed by atoms with Gasteiger partial charge in [-0.25, -0.2) is 0 Å². The Labute approximate surface area is 152 Å². The zero-order valence-electron chi connectivity index (χ0n) is 14.6. The summed E-state index contributed by atoms with van der Waals surface area (Å²) < 4.78 is 5.70. The highest BCUT2D eigenvalue weighted by Gasteiger charge is 2.33. The molecule has 0 unspecified atom stereocenters. The molecule has 0 bridgehead atoms. The van der Waals surface area contributed by atoms with E-state index in [-0.39, 0.29) is 18.4 Å². The molecular weight excluding hydrogens is 332 g/mol. The fraction of sp³-hybridized carbons (Fsp3) is 0.300. The summed E-state index contributed by atoms with van der Waals surface area (Å²) in [4.78, 5) is 25.3. The number of amides is 2. The maximum atomic E-state index is 12.3. The number of nitrogens with one attached hydrogen (secondary N) is 1. The first-order chi connectivity index (χ1) is 12.5. The molecule has 0 aromatic heterocycles. The van der Waals surface area contributed by atoms with Gasteiger partial charge >= 0.3 is 0 Å². The lowest BCUT2D eigenvalue weighted by molar-refractivity contribution is -0.128. The Kier molecular flexibility index (Phi) is 5.53. The molecule has 2 aromatic carbocycles. The predicted octanol–water partition coefficient (Wildman–Crippen LogP) is 1.59. The van der Waals surface area contributed by atoms with E-state index in [2.05, 4.69) is 5.32 Å². The van der Waals surface area contributed by atoms with Gasteiger partial charge in [-0.1, -0.05) is 30.3 Å². The Morgan fingerprint density at radius 2 is 1.81 bits per heavy atom. The summed E-state index contributed by atoms with van der Waals surface area (Å²) in [5.41, 5.74) is 1.55. The van der Waals surface area contributed by atoms with Crippen LogP contribution in [0.2, 0.25) is 0 Å². The number of carbonyl (C=O) groups is 2.